The van der Waals surface area contributed by atoms with Gasteiger partial charge >= 0.3 is 29.6 Å². The van der Waals surface area contributed by atoms with Gasteiger partial charge in [0, 0.05) is 133 Å². The van der Waals surface area contributed by atoms with Crippen LogP contribution in [0.4, 0.5) is 34.1 Å². The van der Waals surface area contributed by atoms with Crippen molar-refractivity contribution in [1.82, 2.24) is 0 Å². The summed E-state index contributed by atoms with van der Waals surface area (Å²) in [7, 11) is 0. The third-order valence-electron chi connectivity index (χ3n) is 23.7. The predicted molar refractivity (Wildman–Crippen MR) is 507 cm³/mol. The molecular weight excluding hydrogens is 1540 g/mol. The van der Waals surface area contributed by atoms with Gasteiger partial charge in [0.2, 0.25) is 0 Å². The van der Waals surface area contributed by atoms with E-state index in [1.54, 1.807) is 0 Å². The first-order valence-corrected chi connectivity index (χ1v) is 41.4. The zero-order chi connectivity index (χ0) is 80.9. The Hall–Kier alpha value is -12.5. The van der Waals surface area contributed by atoms with Crippen LogP contribution in [0.2, 0.25) is 10.0 Å². The molecule has 0 saturated heterocycles. The number of hydrogen-bond acceptors (Lipinski definition) is 8. The van der Waals surface area contributed by atoms with E-state index < -0.39 is 0 Å². The molecule has 17 aromatic carbocycles. The fraction of sp³-hybridized carbons (Fsp3) is 0.118. The SMILES string of the molecule is CC(C)(C)c1ccc(Cc2ccc3ccccc3c2)cc1.CC(C)(C)c1ccc(N(c2ccc3ccccc3c2)c2ccc3c(c2)oc2cc4c(cc23)oc2cc3c(cc24)oc2cc(N(c4ccc(C(C)(C)C)cc4)c4ccc5ccccc5c4)ccc23)cc1.Clc1ccc2c(c1)oc1cc3c(cc12)oc1cc2c(cc13)oc1cc(Cl)ccc12.[CH3-].[Na+]. The first kappa shape index (κ1) is 78.4. The van der Waals surface area contributed by atoms with Crippen LogP contribution in [0.15, 0.2) is 348 Å². The first-order chi connectivity index (χ1) is 57.5. The molecule has 121 heavy (non-hydrogen) atoms. The van der Waals surface area contributed by atoms with Crippen LogP contribution >= 0.6 is 23.2 Å². The summed E-state index contributed by atoms with van der Waals surface area (Å²) in [6.45, 7) is 20.3. The summed E-state index contributed by atoms with van der Waals surface area (Å²) in [5.41, 5.74) is 23.0. The van der Waals surface area contributed by atoms with Crippen LogP contribution in [0.3, 0.4) is 0 Å². The summed E-state index contributed by atoms with van der Waals surface area (Å²) in [5.74, 6) is 0. The average molecular weight is 1620 g/mol. The molecule has 0 aliphatic heterocycles. The van der Waals surface area contributed by atoms with E-state index in [4.69, 9.17) is 49.7 Å². The molecule has 0 aliphatic carbocycles. The molecule has 0 N–H and O–H groups in total. The van der Waals surface area contributed by atoms with Crippen molar-refractivity contribution in [2.45, 2.75) is 85.0 Å². The van der Waals surface area contributed by atoms with Gasteiger partial charge < -0.3 is 43.7 Å². The van der Waals surface area contributed by atoms with E-state index in [1.165, 1.54) is 60.1 Å². The van der Waals surface area contributed by atoms with Crippen LogP contribution in [-0.4, -0.2) is 0 Å². The van der Waals surface area contributed by atoms with Crippen LogP contribution in [-0.2, 0) is 22.7 Å². The molecule has 6 heterocycles. The summed E-state index contributed by atoms with van der Waals surface area (Å²) in [6, 6.07) is 114. The number of anilines is 6. The molecule has 6 aromatic heterocycles. The minimum atomic E-state index is 0. The first-order valence-electron chi connectivity index (χ1n) is 40.6. The molecule has 0 bridgehead atoms. The summed E-state index contributed by atoms with van der Waals surface area (Å²) < 4.78 is 38.5. The molecule has 0 aliphatic rings. The standard InChI is InChI=1S/C64H50N2O3.C24H10Cl2O3.C21H22.CH3.Na/c1-63(2,3)43-17-23-45(24-18-43)65(47-21-15-39-11-7-9-13-41(39)31-47)49-27-29-51-53-35-61-55(37-59(53)67-57(51)33-49)56-38-60-54(36-62(56)69-61)52-30-28-50(34-58(52)68-60)66(46-25-19-44(20-26-46)64(4,5)6)48-22-16-40-12-8-10-14-42(40)32-48;25-11-1-3-13-15-7-23-17(9-21(15)27-19(13)5-11)18-10-22-16(8-24(18)29-23)14-4-2-12(26)6-20(14)28-22;1-21(2,3)20-12-9-16(10-13-20)14-17-8-11-18-6-4-5-7-19(18)15-17;;/h7-38H,1-6H3;1-10H;4-13,15H,14H2,1-3H3;1H3;/q;;;-1;+1. The van der Waals surface area contributed by atoms with Gasteiger partial charge in [0.15, 0.2) is 0 Å². The van der Waals surface area contributed by atoms with Crippen LogP contribution in [0, 0.1) is 7.43 Å². The zero-order valence-electron chi connectivity index (χ0n) is 69.4. The molecule has 586 valence electrons. The van der Waals surface area contributed by atoms with Gasteiger partial charge in [-0.05, 0) is 228 Å². The van der Waals surface area contributed by atoms with Gasteiger partial charge in [-0.3, -0.25) is 0 Å². The van der Waals surface area contributed by atoms with Crippen LogP contribution < -0.4 is 39.4 Å². The van der Waals surface area contributed by atoms with Crippen molar-refractivity contribution in [3.05, 3.63) is 367 Å². The number of nitrogens with zero attached hydrogens (tertiary/aromatic N) is 2. The maximum Gasteiger partial charge on any atom is 1.00 e. The largest absolute Gasteiger partial charge is 1.00 e. The summed E-state index contributed by atoms with van der Waals surface area (Å²) in [6.07, 6.45) is 0.995. The third kappa shape index (κ3) is 14.5. The number of hydrogen-bond donors (Lipinski definition) is 0. The molecule has 0 unspecified atom stereocenters. The molecule has 0 saturated carbocycles. The Morgan fingerprint density at radius 1 is 0.215 bits per heavy atom. The van der Waals surface area contributed by atoms with Crippen molar-refractivity contribution in [1.29, 1.82) is 0 Å². The van der Waals surface area contributed by atoms with Crippen molar-refractivity contribution in [3.63, 3.8) is 0 Å². The van der Waals surface area contributed by atoms with E-state index in [-0.39, 0.29) is 53.2 Å². The van der Waals surface area contributed by atoms with E-state index in [9.17, 15) is 0 Å². The van der Waals surface area contributed by atoms with Gasteiger partial charge in [-0.25, -0.2) is 0 Å². The second-order valence-corrected chi connectivity index (χ2v) is 35.6. The summed E-state index contributed by atoms with van der Waals surface area (Å²) in [4.78, 5) is 4.63. The smallest absolute Gasteiger partial charge is 0.456 e. The number of halogens is 2. The van der Waals surface area contributed by atoms with E-state index >= 15 is 0 Å². The Labute approximate surface area is 732 Å². The fourth-order valence-electron chi connectivity index (χ4n) is 17.3. The zero-order valence-corrected chi connectivity index (χ0v) is 72.9. The Morgan fingerprint density at radius 3 is 0.769 bits per heavy atom. The molecule has 8 nitrogen and oxygen atoms in total. The molecule has 0 fully saturated rings. The van der Waals surface area contributed by atoms with Crippen molar-refractivity contribution >= 4 is 221 Å². The van der Waals surface area contributed by atoms with Crippen molar-refractivity contribution in [2.24, 2.45) is 0 Å². The molecule has 23 rings (SSSR count). The van der Waals surface area contributed by atoms with Gasteiger partial charge in [0.25, 0.3) is 0 Å². The second kappa shape index (κ2) is 30.3. The van der Waals surface area contributed by atoms with Gasteiger partial charge in [-0.2, -0.15) is 0 Å². The van der Waals surface area contributed by atoms with Gasteiger partial charge in [0.05, 0.1) is 0 Å². The summed E-state index contributed by atoms with van der Waals surface area (Å²) in [5, 5.41) is 20.8. The molecule has 11 heteroatoms. The average Bonchev–Trinajstić information content (AvgIpc) is 1.58. The Balaban J connectivity index is 0.000000151. The number of rotatable bonds is 8. The van der Waals surface area contributed by atoms with E-state index in [1.807, 2.05) is 60.7 Å². The number of benzene rings is 17. The summed E-state index contributed by atoms with van der Waals surface area (Å²) >= 11 is 12.2. The number of fused-ring (bicyclic) bond motifs is 21. The van der Waals surface area contributed by atoms with Crippen molar-refractivity contribution in [3.8, 4) is 0 Å². The molecule has 0 radical (unpaired) electrons. The van der Waals surface area contributed by atoms with Crippen LogP contribution in [0.1, 0.15) is 90.1 Å². The molecule has 0 atom stereocenters. The normalized spacial score (nSPS) is 12.2. The van der Waals surface area contributed by atoms with E-state index in [0.29, 0.717) is 10.0 Å². The topological polar surface area (TPSA) is 85.3 Å². The minimum Gasteiger partial charge on any atom is -0.456 e. The minimum absolute atomic E-state index is 0. The number of furan rings is 6. The molecule has 0 spiro atoms. The van der Waals surface area contributed by atoms with Gasteiger partial charge in [-0.15, -0.1) is 0 Å². The molecule has 23 aromatic rings. The van der Waals surface area contributed by atoms with Gasteiger partial charge in [0.1, 0.15) is 67.0 Å². The fourth-order valence-corrected chi connectivity index (χ4v) is 17.6. The van der Waals surface area contributed by atoms with Gasteiger partial charge in [-0.1, -0.05) is 237 Å². The predicted octanol–water partition coefficient (Wildman–Crippen LogP) is 31.1. The maximum absolute atomic E-state index is 6.77. The quantitative estimate of drug-likeness (QED) is 0.110. The molecular formula is C110H85Cl2N2NaO6. The van der Waals surface area contributed by atoms with E-state index in [2.05, 4.69) is 333 Å². The Morgan fingerprint density at radius 2 is 0.446 bits per heavy atom. The third-order valence-corrected chi connectivity index (χ3v) is 24.2. The Kier molecular flexibility index (Phi) is 19.6. The van der Waals surface area contributed by atoms with Crippen LogP contribution in [0.25, 0.3) is 164 Å². The second-order valence-electron chi connectivity index (χ2n) is 34.8. The monoisotopic (exact) mass is 1620 g/mol. The van der Waals surface area contributed by atoms with Crippen LogP contribution in [0.5, 0.6) is 0 Å². The van der Waals surface area contributed by atoms with E-state index in [0.717, 1.165) is 172 Å². The van der Waals surface area contributed by atoms with Crippen molar-refractivity contribution < 1.29 is 56.1 Å². The maximum atomic E-state index is 6.77. The Bertz CT molecular complexity index is 7600. The van der Waals surface area contributed by atoms with Crippen molar-refractivity contribution in [2.75, 3.05) is 9.80 Å². The molecule has 0 amide bonds.